The fourth-order valence-corrected chi connectivity index (χ4v) is 3.05. The van der Waals surface area contributed by atoms with E-state index in [2.05, 4.69) is 12.2 Å². The second kappa shape index (κ2) is 19.0. The van der Waals surface area contributed by atoms with Crippen LogP contribution in [-0.2, 0) is 0 Å². The second-order valence-electron chi connectivity index (χ2n) is 6.81. The van der Waals surface area contributed by atoms with E-state index in [9.17, 15) is 5.11 Å². The molecule has 1 unspecified atom stereocenters. The number of rotatable bonds is 18. The van der Waals surface area contributed by atoms with Gasteiger partial charge >= 0.3 is 0 Å². The molecule has 0 heterocycles. The third-order valence-corrected chi connectivity index (χ3v) is 4.52. The van der Waals surface area contributed by atoms with Crippen LogP contribution in [0.1, 0.15) is 117 Å². The van der Waals surface area contributed by atoms with Crippen molar-refractivity contribution in [2.75, 3.05) is 6.54 Å². The Bertz CT molecular complexity index is 196. The molecule has 2 heteroatoms. The van der Waals surface area contributed by atoms with E-state index >= 15 is 0 Å². The third kappa shape index (κ3) is 18.0. The van der Waals surface area contributed by atoms with Crippen LogP contribution in [-0.4, -0.2) is 17.9 Å². The summed E-state index contributed by atoms with van der Waals surface area (Å²) in [4.78, 5) is 0. The van der Waals surface area contributed by atoms with Crippen molar-refractivity contribution in [3.05, 3.63) is 0 Å². The Kier molecular flexibility index (Phi) is 18.9. The summed E-state index contributed by atoms with van der Waals surface area (Å²) >= 11 is 0. The fraction of sp³-hybridized carbons (Fsp3) is 1.00. The Labute approximate surface area is 140 Å². The van der Waals surface area contributed by atoms with E-state index < -0.39 is 0 Å². The Morgan fingerprint density at radius 2 is 0.955 bits per heavy atom. The molecule has 134 valence electrons. The van der Waals surface area contributed by atoms with Gasteiger partial charge in [-0.25, -0.2) is 0 Å². The van der Waals surface area contributed by atoms with E-state index in [0.29, 0.717) is 0 Å². The third-order valence-electron chi connectivity index (χ3n) is 4.52. The molecule has 1 atom stereocenters. The summed E-state index contributed by atoms with van der Waals surface area (Å²) in [6.45, 7) is 5.18. The first-order chi connectivity index (χ1) is 10.8. The van der Waals surface area contributed by atoms with Gasteiger partial charge in [-0.15, -0.1) is 0 Å². The van der Waals surface area contributed by atoms with Crippen LogP contribution in [0.4, 0.5) is 0 Å². The zero-order valence-corrected chi connectivity index (χ0v) is 15.5. The monoisotopic (exact) mass is 313 g/mol. The summed E-state index contributed by atoms with van der Waals surface area (Å²) in [6, 6.07) is 0. The van der Waals surface area contributed by atoms with Crippen molar-refractivity contribution < 1.29 is 5.11 Å². The van der Waals surface area contributed by atoms with Gasteiger partial charge in [0.2, 0.25) is 0 Å². The number of nitrogens with one attached hydrogen (secondary N) is 1. The van der Waals surface area contributed by atoms with E-state index in [1.54, 1.807) is 0 Å². The Morgan fingerprint density at radius 1 is 0.591 bits per heavy atom. The summed E-state index contributed by atoms with van der Waals surface area (Å²) in [7, 11) is 0. The highest BCUT2D eigenvalue weighted by Crippen LogP contribution is 2.13. The average Bonchev–Trinajstić information content (AvgIpc) is 2.51. The molecule has 0 aromatic rings. The lowest BCUT2D eigenvalue weighted by Crippen LogP contribution is -2.27. The molecule has 0 bridgehead atoms. The Hall–Kier alpha value is -0.0800. The van der Waals surface area contributed by atoms with Gasteiger partial charge in [-0.3, -0.25) is 5.32 Å². The van der Waals surface area contributed by atoms with Crippen molar-refractivity contribution in [1.82, 2.24) is 5.32 Å². The number of aliphatic hydroxyl groups excluding tert-OH is 1. The van der Waals surface area contributed by atoms with Crippen LogP contribution in [0.3, 0.4) is 0 Å². The second-order valence-corrected chi connectivity index (χ2v) is 6.81. The van der Waals surface area contributed by atoms with Gasteiger partial charge in [0.1, 0.15) is 6.23 Å². The lowest BCUT2D eigenvalue weighted by molar-refractivity contribution is 0.126. The first-order valence-corrected chi connectivity index (χ1v) is 10.2. The molecule has 0 fully saturated rings. The number of unbranched alkanes of at least 4 members (excludes halogenated alkanes) is 14. The zero-order valence-electron chi connectivity index (χ0n) is 15.5. The van der Waals surface area contributed by atoms with Crippen molar-refractivity contribution in [2.45, 2.75) is 123 Å². The van der Waals surface area contributed by atoms with Crippen molar-refractivity contribution in [2.24, 2.45) is 0 Å². The van der Waals surface area contributed by atoms with Crippen LogP contribution in [0.25, 0.3) is 0 Å². The van der Waals surface area contributed by atoms with E-state index in [0.717, 1.165) is 19.4 Å². The van der Waals surface area contributed by atoms with Crippen LogP contribution in [0, 0.1) is 0 Å². The maximum atomic E-state index is 9.54. The topological polar surface area (TPSA) is 32.3 Å². The van der Waals surface area contributed by atoms with Gasteiger partial charge in [0.05, 0.1) is 0 Å². The van der Waals surface area contributed by atoms with Gasteiger partial charge in [-0.2, -0.15) is 0 Å². The Balaban J connectivity index is 3.00. The highest BCUT2D eigenvalue weighted by atomic mass is 16.3. The van der Waals surface area contributed by atoms with Crippen molar-refractivity contribution >= 4 is 0 Å². The maximum absolute atomic E-state index is 9.54. The summed E-state index contributed by atoms with van der Waals surface area (Å²) in [5.74, 6) is 0. The van der Waals surface area contributed by atoms with Gasteiger partial charge < -0.3 is 5.11 Å². The fourth-order valence-electron chi connectivity index (χ4n) is 3.05. The number of hydrogen-bond acceptors (Lipinski definition) is 2. The molecule has 0 saturated heterocycles. The molecule has 0 rings (SSSR count). The molecule has 0 aliphatic carbocycles. The SMILES string of the molecule is CCCCCCCCCCCCCCCCCC(O)NCC. The molecule has 0 aromatic heterocycles. The average molecular weight is 314 g/mol. The molecule has 0 spiro atoms. The first kappa shape index (κ1) is 21.9. The summed E-state index contributed by atoms with van der Waals surface area (Å²) < 4.78 is 0. The molecule has 0 saturated carbocycles. The first-order valence-electron chi connectivity index (χ1n) is 10.2. The summed E-state index contributed by atoms with van der Waals surface area (Å²) in [6.07, 6.45) is 21.6. The van der Waals surface area contributed by atoms with Crippen LogP contribution < -0.4 is 5.32 Å². The lowest BCUT2D eigenvalue weighted by atomic mass is 10.0. The quantitative estimate of drug-likeness (QED) is 0.234. The van der Waals surface area contributed by atoms with Crippen LogP contribution >= 0.6 is 0 Å². The molecule has 22 heavy (non-hydrogen) atoms. The molecular weight excluding hydrogens is 270 g/mol. The molecule has 0 aliphatic heterocycles. The van der Waals surface area contributed by atoms with Crippen molar-refractivity contribution in [3.63, 3.8) is 0 Å². The molecule has 2 N–H and O–H groups in total. The van der Waals surface area contributed by atoms with Gasteiger partial charge in [0.25, 0.3) is 0 Å². The Morgan fingerprint density at radius 3 is 1.32 bits per heavy atom. The molecular formula is C20H43NO. The zero-order chi connectivity index (χ0) is 16.3. The van der Waals surface area contributed by atoms with Crippen molar-refractivity contribution in [3.8, 4) is 0 Å². The normalized spacial score (nSPS) is 12.7. The maximum Gasteiger partial charge on any atom is 0.104 e. The largest absolute Gasteiger partial charge is 0.379 e. The predicted octanol–water partition coefficient (Wildman–Crippen LogP) is 6.18. The summed E-state index contributed by atoms with van der Waals surface area (Å²) in [5, 5.41) is 12.6. The van der Waals surface area contributed by atoms with Crippen LogP contribution in [0.5, 0.6) is 0 Å². The smallest absolute Gasteiger partial charge is 0.104 e. The predicted molar refractivity (Wildman–Crippen MR) is 99.2 cm³/mol. The minimum absolute atomic E-state index is 0.285. The minimum Gasteiger partial charge on any atom is -0.379 e. The lowest BCUT2D eigenvalue weighted by Gasteiger charge is -2.10. The van der Waals surface area contributed by atoms with E-state index in [1.165, 1.54) is 89.9 Å². The van der Waals surface area contributed by atoms with E-state index in [4.69, 9.17) is 0 Å². The molecule has 0 radical (unpaired) electrons. The highest BCUT2D eigenvalue weighted by molar-refractivity contribution is 4.53. The van der Waals surface area contributed by atoms with Gasteiger partial charge in [-0.1, -0.05) is 104 Å². The van der Waals surface area contributed by atoms with Gasteiger partial charge in [0.15, 0.2) is 0 Å². The molecule has 0 amide bonds. The van der Waals surface area contributed by atoms with Gasteiger partial charge in [-0.05, 0) is 19.4 Å². The van der Waals surface area contributed by atoms with Crippen LogP contribution in [0.2, 0.25) is 0 Å². The van der Waals surface area contributed by atoms with E-state index in [-0.39, 0.29) is 6.23 Å². The van der Waals surface area contributed by atoms with E-state index in [1.807, 2.05) is 6.92 Å². The number of aliphatic hydroxyl groups is 1. The van der Waals surface area contributed by atoms with Gasteiger partial charge in [0, 0.05) is 0 Å². The van der Waals surface area contributed by atoms with Crippen LogP contribution in [0.15, 0.2) is 0 Å². The standard InChI is InChI=1S/C20H43NO/c1-3-5-6-7-8-9-10-11-12-13-14-15-16-17-18-19-20(22)21-4-2/h20-22H,3-19H2,1-2H3. The van der Waals surface area contributed by atoms with Crippen molar-refractivity contribution in [1.29, 1.82) is 0 Å². The highest BCUT2D eigenvalue weighted by Gasteiger charge is 2.00. The summed E-state index contributed by atoms with van der Waals surface area (Å²) in [5.41, 5.74) is 0. The molecule has 2 nitrogen and oxygen atoms in total. The minimum atomic E-state index is -0.285. The molecule has 0 aromatic carbocycles. The number of hydrogen-bond donors (Lipinski definition) is 2. The molecule has 0 aliphatic rings.